The Morgan fingerprint density at radius 2 is 1.90 bits per heavy atom. The van der Waals surface area contributed by atoms with Gasteiger partial charge in [0.05, 0.1) is 24.1 Å². The Labute approximate surface area is 243 Å². The number of aliphatic hydroxyl groups is 1. The number of benzene rings is 2. The minimum absolute atomic E-state index is 0.235. The van der Waals surface area contributed by atoms with Crippen molar-refractivity contribution < 1.29 is 19.7 Å². The monoisotopic (exact) mass is 557 g/mol. The molecule has 1 aromatic heterocycles. The predicted molar refractivity (Wildman–Crippen MR) is 165 cm³/mol. The average molecular weight is 558 g/mol. The van der Waals surface area contributed by atoms with Crippen LogP contribution in [0.3, 0.4) is 0 Å². The van der Waals surface area contributed by atoms with Crippen LogP contribution in [0.5, 0.6) is 5.75 Å². The van der Waals surface area contributed by atoms with Crippen LogP contribution in [0.15, 0.2) is 79.0 Å². The molecule has 4 rings (SSSR count). The maximum atomic E-state index is 11.2. The molecule has 3 N–H and O–H groups in total. The van der Waals surface area contributed by atoms with E-state index in [0.717, 1.165) is 62.3 Å². The fraction of sp³-hybridized carbons (Fsp3) is 0.412. The quantitative estimate of drug-likeness (QED) is 0.144. The minimum Gasteiger partial charge on any atom is -0.493 e. The lowest BCUT2D eigenvalue weighted by molar-refractivity contribution is 0.0696. The summed E-state index contributed by atoms with van der Waals surface area (Å²) in [6, 6.07) is 18.8. The van der Waals surface area contributed by atoms with Gasteiger partial charge in [-0.1, -0.05) is 56.3 Å². The van der Waals surface area contributed by atoms with Gasteiger partial charge in [0.1, 0.15) is 11.6 Å². The number of nitrogens with one attached hydrogen (secondary N) is 1. The molecule has 0 aliphatic carbocycles. The molecule has 2 atom stereocenters. The van der Waals surface area contributed by atoms with E-state index in [-0.39, 0.29) is 5.56 Å². The number of ether oxygens (including phenoxy) is 1. The van der Waals surface area contributed by atoms with Gasteiger partial charge in [-0.3, -0.25) is 0 Å². The number of piperidine rings is 1. The van der Waals surface area contributed by atoms with E-state index < -0.39 is 12.2 Å². The van der Waals surface area contributed by atoms with Gasteiger partial charge in [-0.05, 0) is 86.3 Å². The molecule has 1 aliphatic heterocycles. The fourth-order valence-corrected chi connectivity index (χ4v) is 5.17. The first-order valence-corrected chi connectivity index (χ1v) is 14.8. The lowest BCUT2D eigenvalue weighted by Gasteiger charge is -2.32. The Balaban J connectivity index is 1.20. The third-order valence-electron chi connectivity index (χ3n) is 7.66. The molecule has 2 aromatic carbocycles. The summed E-state index contributed by atoms with van der Waals surface area (Å²) in [7, 11) is 0. The van der Waals surface area contributed by atoms with Crippen molar-refractivity contribution in [1.82, 2.24) is 4.98 Å². The molecule has 1 saturated heterocycles. The van der Waals surface area contributed by atoms with E-state index in [1.165, 1.54) is 12.0 Å². The lowest BCUT2D eigenvalue weighted by Crippen LogP contribution is -2.36. The summed E-state index contributed by atoms with van der Waals surface area (Å²) in [5.41, 5.74) is 3.13. The molecule has 7 heteroatoms. The highest BCUT2D eigenvalue weighted by Crippen LogP contribution is 2.25. The first-order valence-electron chi connectivity index (χ1n) is 14.8. The van der Waals surface area contributed by atoms with Crippen molar-refractivity contribution in [3.05, 3.63) is 95.7 Å². The van der Waals surface area contributed by atoms with E-state index in [1.54, 1.807) is 30.5 Å². The van der Waals surface area contributed by atoms with Crippen molar-refractivity contribution in [1.29, 1.82) is 0 Å². The predicted octanol–water partition coefficient (Wildman–Crippen LogP) is 7.10. The highest BCUT2D eigenvalue weighted by Gasteiger charge is 2.21. The maximum Gasteiger partial charge on any atom is 0.335 e. The summed E-state index contributed by atoms with van der Waals surface area (Å²) in [5.74, 6) is 1.59. The standard InChI is InChI=1S/C34H43N3O4/c1-3-4-5-6-8-25(2)21-26-11-13-28(14-12-26)33(38)36-30-15-16-32(35-23-30)37-19-17-27(18-20-37)24-41-31-10-7-9-29(22-31)34(39)40/h4-5,7,9-16,22-23,25,27,33,36,38H,3,6,8,17-21,24H2,1-2H3,(H,39,40). The second kappa shape index (κ2) is 15.2. The first-order chi connectivity index (χ1) is 19.9. The molecule has 0 saturated carbocycles. The Morgan fingerprint density at radius 1 is 1.12 bits per heavy atom. The van der Waals surface area contributed by atoms with E-state index >= 15 is 0 Å². The fourth-order valence-electron chi connectivity index (χ4n) is 5.17. The third-order valence-corrected chi connectivity index (χ3v) is 7.66. The summed E-state index contributed by atoms with van der Waals surface area (Å²) in [4.78, 5) is 18.1. The van der Waals surface area contributed by atoms with Crippen LogP contribution < -0.4 is 15.0 Å². The molecule has 0 spiro atoms. The molecule has 218 valence electrons. The number of carboxylic acid groups (broad SMARTS) is 1. The molecule has 3 aromatic rings. The van der Waals surface area contributed by atoms with Crippen LogP contribution in [0.4, 0.5) is 11.5 Å². The van der Waals surface area contributed by atoms with Crippen LogP contribution in [0, 0.1) is 11.8 Å². The summed E-state index contributed by atoms with van der Waals surface area (Å²) in [6.07, 6.45) is 11.9. The number of carboxylic acids is 1. The van der Waals surface area contributed by atoms with Crippen molar-refractivity contribution in [2.24, 2.45) is 11.8 Å². The molecule has 0 bridgehead atoms. The average Bonchev–Trinajstić information content (AvgIpc) is 2.99. The Hall–Kier alpha value is -3.84. The van der Waals surface area contributed by atoms with Crippen molar-refractivity contribution in [2.45, 2.75) is 58.6 Å². The number of anilines is 2. The van der Waals surface area contributed by atoms with Gasteiger partial charge >= 0.3 is 5.97 Å². The number of hydrogen-bond acceptors (Lipinski definition) is 6. The third kappa shape index (κ3) is 9.35. The molecule has 1 fully saturated rings. The van der Waals surface area contributed by atoms with Crippen LogP contribution in [0.2, 0.25) is 0 Å². The number of hydrogen-bond donors (Lipinski definition) is 3. The molecule has 2 unspecified atom stereocenters. The molecule has 7 nitrogen and oxygen atoms in total. The van der Waals surface area contributed by atoms with Crippen LogP contribution in [0.1, 0.15) is 73.7 Å². The lowest BCUT2D eigenvalue weighted by atomic mass is 9.96. The van der Waals surface area contributed by atoms with Gasteiger partial charge in [0, 0.05) is 18.7 Å². The van der Waals surface area contributed by atoms with Gasteiger partial charge in [-0.15, -0.1) is 0 Å². The molecule has 41 heavy (non-hydrogen) atoms. The zero-order chi connectivity index (χ0) is 29.0. The Kier molecular flexibility index (Phi) is 11.2. The van der Waals surface area contributed by atoms with Crippen molar-refractivity contribution in [3.63, 3.8) is 0 Å². The van der Waals surface area contributed by atoms with E-state index in [0.29, 0.717) is 24.2 Å². The second-order valence-electron chi connectivity index (χ2n) is 11.0. The summed E-state index contributed by atoms with van der Waals surface area (Å²) in [5, 5.41) is 23.0. The topological polar surface area (TPSA) is 94.9 Å². The summed E-state index contributed by atoms with van der Waals surface area (Å²) < 4.78 is 5.88. The smallest absolute Gasteiger partial charge is 0.335 e. The van der Waals surface area contributed by atoms with E-state index in [9.17, 15) is 9.90 Å². The van der Waals surface area contributed by atoms with Gasteiger partial charge in [0.15, 0.2) is 6.23 Å². The zero-order valence-electron chi connectivity index (χ0n) is 24.2. The Bertz CT molecular complexity index is 1250. The number of aliphatic hydroxyl groups excluding tert-OH is 1. The van der Waals surface area contributed by atoms with E-state index in [4.69, 9.17) is 9.84 Å². The number of nitrogens with zero attached hydrogens (tertiary/aromatic N) is 2. The molecule has 2 heterocycles. The SMILES string of the molecule is CCC=CCCC(C)Cc1ccc(C(O)Nc2ccc(N3CCC(COc4cccc(C(=O)O)c4)CC3)nc2)cc1. The molecule has 0 amide bonds. The highest BCUT2D eigenvalue weighted by molar-refractivity contribution is 5.88. The minimum atomic E-state index is -0.951. The van der Waals surface area contributed by atoms with E-state index in [1.807, 2.05) is 24.3 Å². The number of rotatable bonds is 14. The number of aromatic nitrogens is 1. The van der Waals surface area contributed by atoms with Crippen molar-refractivity contribution in [3.8, 4) is 5.75 Å². The van der Waals surface area contributed by atoms with Gasteiger partial charge in [-0.2, -0.15) is 0 Å². The molecular weight excluding hydrogens is 514 g/mol. The van der Waals surface area contributed by atoms with Crippen LogP contribution in [-0.4, -0.2) is 40.9 Å². The normalized spacial score (nSPS) is 15.5. The number of pyridine rings is 1. The number of allylic oxidation sites excluding steroid dienone is 2. The van der Waals surface area contributed by atoms with Crippen LogP contribution >= 0.6 is 0 Å². The van der Waals surface area contributed by atoms with Gasteiger partial charge in [-0.25, -0.2) is 9.78 Å². The Morgan fingerprint density at radius 3 is 2.59 bits per heavy atom. The highest BCUT2D eigenvalue weighted by atomic mass is 16.5. The maximum absolute atomic E-state index is 11.2. The number of aromatic carboxylic acids is 1. The van der Waals surface area contributed by atoms with Crippen LogP contribution in [0.25, 0.3) is 0 Å². The summed E-state index contributed by atoms with van der Waals surface area (Å²) in [6.45, 7) is 6.79. The number of carbonyl (C=O) groups is 1. The van der Waals surface area contributed by atoms with E-state index in [2.05, 4.69) is 53.3 Å². The first kappa shape index (κ1) is 30.1. The van der Waals surface area contributed by atoms with Gasteiger partial charge in [0.2, 0.25) is 0 Å². The largest absolute Gasteiger partial charge is 0.493 e. The molecule has 1 aliphatic rings. The second-order valence-corrected chi connectivity index (χ2v) is 11.0. The van der Waals surface area contributed by atoms with Crippen molar-refractivity contribution in [2.75, 3.05) is 29.9 Å². The molecular formula is C34H43N3O4. The molecule has 0 radical (unpaired) electrons. The van der Waals surface area contributed by atoms with Crippen molar-refractivity contribution >= 4 is 17.5 Å². The van der Waals surface area contributed by atoms with Gasteiger partial charge in [0.25, 0.3) is 0 Å². The van der Waals surface area contributed by atoms with Crippen LogP contribution in [-0.2, 0) is 6.42 Å². The summed E-state index contributed by atoms with van der Waals surface area (Å²) >= 11 is 0. The zero-order valence-corrected chi connectivity index (χ0v) is 24.2. The van der Waals surface area contributed by atoms with Gasteiger partial charge < -0.3 is 25.2 Å².